The number of hydrogen-bond acceptors (Lipinski definition) is 4. The van der Waals surface area contributed by atoms with Crippen LogP contribution in [0.4, 0.5) is 0 Å². The molecule has 0 saturated heterocycles. The monoisotopic (exact) mass is 239 g/mol. The summed E-state index contributed by atoms with van der Waals surface area (Å²) < 4.78 is 0. The lowest BCUT2D eigenvalue weighted by Crippen LogP contribution is -2.31. The van der Waals surface area contributed by atoms with Gasteiger partial charge in [-0.15, -0.1) is 17.9 Å². The Morgan fingerprint density at radius 2 is 2.50 bits per heavy atom. The van der Waals surface area contributed by atoms with Gasteiger partial charge in [0.2, 0.25) is 0 Å². The first kappa shape index (κ1) is 12.9. The van der Waals surface area contributed by atoms with Crippen molar-refractivity contribution in [2.24, 2.45) is 5.73 Å². The van der Waals surface area contributed by atoms with Crippen molar-refractivity contribution in [3.63, 3.8) is 0 Å². The Bertz CT molecular complexity index is 362. The smallest absolute Gasteiger partial charge is 0.273 e. The molecule has 0 atom stereocenters. The summed E-state index contributed by atoms with van der Waals surface area (Å²) in [4.78, 5) is 17.9. The highest BCUT2D eigenvalue weighted by Gasteiger charge is 2.15. The lowest BCUT2D eigenvalue weighted by Gasteiger charge is -2.17. The Kier molecular flexibility index (Phi) is 5.14. The Labute approximate surface area is 99.8 Å². The first-order valence-corrected chi connectivity index (χ1v) is 6.15. The summed E-state index contributed by atoms with van der Waals surface area (Å²) in [5.41, 5.74) is 5.95. The van der Waals surface area contributed by atoms with Crippen LogP contribution in [0, 0.1) is 0 Å². The summed E-state index contributed by atoms with van der Waals surface area (Å²) in [5, 5.41) is 2.71. The summed E-state index contributed by atoms with van der Waals surface area (Å²) in [6, 6.07) is 0. The summed E-state index contributed by atoms with van der Waals surface area (Å²) in [5.74, 6) is -0.0399. The molecule has 1 heterocycles. The van der Waals surface area contributed by atoms with E-state index in [1.807, 2.05) is 6.92 Å². The van der Waals surface area contributed by atoms with Gasteiger partial charge in [0.1, 0.15) is 5.69 Å². The van der Waals surface area contributed by atoms with Crippen molar-refractivity contribution in [1.29, 1.82) is 0 Å². The second kappa shape index (κ2) is 6.40. The van der Waals surface area contributed by atoms with Crippen molar-refractivity contribution in [2.75, 3.05) is 19.6 Å². The number of hydrogen-bond donors (Lipinski definition) is 1. The molecular formula is C11H17N3OS. The SMILES string of the molecule is C=CCN(CC)C(=O)c1csc(CCN)n1. The van der Waals surface area contributed by atoms with Crippen LogP contribution >= 0.6 is 11.3 Å². The summed E-state index contributed by atoms with van der Waals surface area (Å²) in [6.07, 6.45) is 2.44. The lowest BCUT2D eigenvalue weighted by atomic mass is 10.3. The highest BCUT2D eigenvalue weighted by atomic mass is 32.1. The molecule has 16 heavy (non-hydrogen) atoms. The van der Waals surface area contributed by atoms with Gasteiger partial charge in [0, 0.05) is 24.9 Å². The highest BCUT2D eigenvalue weighted by Crippen LogP contribution is 2.12. The zero-order valence-corrected chi connectivity index (χ0v) is 10.3. The predicted octanol–water partition coefficient (Wildman–Crippen LogP) is 1.29. The molecule has 5 heteroatoms. The number of carbonyl (C=O) groups excluding carboxylic acids is 1. The average Bonchev–Trinajstić information content (AvgIpc) is 2.74. The van der Waals surface area contributed by atoms with Crippen LogP contribution < -0.4 is 5.73 Å². The number of aromatic nitrogens is 1. The number of carbonyl (C=O) groups is 1. The molecular weight excluding hydrogens is 222 g/mol. The highest BCUT2D eigenvalue weighted by molar-refractivity contribution is 7.09. The third-order valence-electron chi connectivity index (χ3n) is 2.15. The van der Waals surface area contributed by atoms with E-state index in [4.69, 9.17) is 5.73 Å². The van der Waals surface area contributed by atoms with Gasteiger partial charge >= 0.3 is 0 Å². The molecule has 2 N–H and O–H groups in total. The van der Waals surface area contributed by atoms with Crippen LogP contribution in [0.15, 0.2) is 18.0 Å². The quantitative estimate of drug-likeness (QED) is 0.761. The first-order valence-electron chi connectivity index (χ1n) is 5.27. The summed E-state index contributed by atoms with van der Waals surface area (Å²) >= 11 is 1.48. The molecule has 0 radical (unpaired) electrons. The second-order valence-electron chi connectivity index (χ2n) is 3.30. The minimum absolute atomic E-state index is 0.0399. The van der Waals surface area contributed by atoms with E-state index in [-0.39, 0.29) is 5.91 Å². The van der Waals surface area contributed by atoms with Gasteiger partial charge in [-0.3, -0.25) is 4.79 Å². The van der Waals surface area contributed by atoms with E-state index in [1.165, 1.54) is 11.3 Å². The van der Waals surface area contributed by atoms with Crippen molar-refractivity contribution < 1.29 is 4.79 Å². The number of thiazole rings is 1. The number of rotatable bonds is 6. The Balaban J connectivity index is 2.73. The van der Waals surface area contributed by atoms with Crippen LogP contribution in [0.2, 0.25) is 0 Å². The molecule has 0 spiro atoms. The van der Waals surface area contributed by atoms with Gasteiger partial charge in [-0.1, -0.05) is 6.08 Å². The minimum Gasteiger partial charge on any atom is -0.334 e. The van der Waals surface area contributed by atoms with Crippen LogP contribution in [-0.2, 0) is 6.42 Å². The third-order valence-corrected chi connectivity index (χ3v) is 3.06. The predicted molar refractivity (Wildman–Crippen MR) is 66.6 cm³/mol. The molecule has 0 aliphatic heterocycles. The summed E-state index contributed by atoms with van der Waals surface area (Å²) in [6.45, 7) is 7.35. The Morgan fingerprint density at radius 3 is 3.06 bits per heavy atom. The molecule has 1 amide bonds. The molecule has 0 aliphatic carbocycles. The maximum atomic E-state index is 12.0. The largest absolute Gasteiger partial charge is 0.334 e. The molecule has 0 bridgehead atoms. The Hall–Kier alpha value is -1.20. The molecule has 1 aromatic rings. The average molecular weight is 239 g/mol. The van der Waals surface area contributed by atoms with Gasteiger partial charge in [-0.25, -0.2) is 4.98 Å². The maximum Gasteiger partial charge on any atom is 0.273 e. The number of nitrogens with zero attached hydrogens (tertiary/aromatic N) is 2. The number of amides is 1. The fraction of sp³-hybridized carbons (Fsp3) is 0.455. The van der Waals surface area contributed by atoms with Crippen LogP contribution in [-0.4, -0.2) is 35.4 Å². The van der Waals surface area contributed by atoms with Gasteiger partial charge in [0.25, 0.3) is 5.91 Å². The number of likely N-dealkylation sites (N-methyl/N-ethyl adjacent to an activating group) is 1. The van der Waals surface area contributed by atoms with E-state index in [0.717, 1.165) is 11.4 Å². The van der Waals surface area contributed by atoms with Gasteiger partial charge < -0.3 is 10.6 Å². The molecule has 88 valence electrons. The van der Waals surface area contributed by atoms with Gasteiger partial charge in [-0.05, 0) is 13.5 Å². The first-order chi connectivity index (χ1) is 7.72. The van der Waals surface area contributed by atoms with Crippen molar-refractivity contribution in [2.45, 2.75) is 13.3 Å². The van der Waals surface area contributed by atoms with Crippen molar-refractivity contribution in [1.82, 2.24) is 9.88 Å². The lowest BCUT2D eigenvalue weighted by molar-refractivity contribution is 0.0777. The molecule has 0 aliphatic rings. The molecule has 4 nitrogen and oxygen atoms in total. The molecule has 0 fully saturated rings. The van der Waals surface area contributed by atoms with Crippen molar-refractivity contribution >= 4 is 17.2 Å². The maximum absolute atomic E-state index is 12.0. The molecule has 1 aromatic heterocycles. The zero-order valence-electron chi connectivity index (χ0n) is 9.48. The van der Waals surface area contributed by atoms with Crippen molar-refractivity contribution in [3.05, 3.63) is 28.7 Å². The molecule has 0 aromatic carbocycles. The van der Waals surface area contributed by atoms with E-state index < -0.39 is 0 Å². The fourth-order valence-electron chi connectivity index (χ4n) is 1.32. The van der Waals surface area contributed by atoms with Crippen LogP contribution in [0.3, 0.4) is 0 Å². The minimum atomic E-state index is -0.0399. The zero-order chi connectivity index (χ0) is 12.0. The number of nitrogens with two attached hydrogens (primary N) is 1. The topological polar surface area (TPSA) is 59.2 Å². The molecule has 0 saturated carbocycles. The van der Waals surface area contributed by atoms with E-state index in [2.05, 4.69) is 11.6 Å². The fourth-order valence-corrected chi connectivity index (χ4v) is 2.11. The van der Waals surface area contributed by atoms with Crippen molar-refractivity contribution in [3.8, 4) is 0 Å². The van der Waals surface area contributed by atoms with Gasteiger partial charge in [-0.2, -0.15) is 0 Å². The van der Waals surface area contributed by atoms with E-state index in [9.17, 15) is 4.79 Å². The van der Waals surface area contributed by atoms with Crippen LogP contribution in [0.1, 0.15) is 22.4 Å². The summed E-state index contributed by atoms with van der Waals surface area (Å²) in [7, 11) is 0. The second-order valence-corrected chi connectivity index (χ2v) is 4.24. The molecule has 0 unspecified atom stereocenters. The standard InChI is InChI=1S/C11H17N3OS/c1-3-7-14(4-2)11(15)9-8-16-10(13-9)5-6-12/h3,8H,1,4-7,12H2,2H3. The van der Waals surface area contributed by atoms with E-state index >= 15 is 0 Å². The van der Waals surface area contributed by atoms with E-state index in [0.29, 0.717) is 25.3 Å². The van der Waals surface area contributed by atoms with Crippen LogP contribution in [0.5, 0.6) is 0 Å². The Morgan fingerprint density at radius 1 is 1.75 bits per heavy atom. The van der Waals surface area contributed by atoms with Gasteiger partial charge in [0.05, 0.1) is 5.01 Å². The normalized spacial score (nSPS) is 10.1. The molecule has 1 rings (SSSR count). The van der Waals surface area contributed by atoms with E-state index in [1.54, 1.807) is 16.4 Å². The van der Waals surface area contributed by atoms with Crippen LogP contribution in [0.25, 0.3) is 0 Å². The van der Waals surface area contributed by atoms with Gasteiger partial charge in [0.15, 0.2) is 0 Å². The third kappa shape index (κ3) is 3.15.